The first kappa shape index (κ1) is 20.8. The second-order valence-corrected chi connectivity index (χ2v) is 6.49. The fourth-order valence-corrected chi connectivity index (χ4v) is 3.04. The second kappa shape index (κ2) is 10.6. The smallest absolute Gasteiger partial charge is 0.191 e. The molecule has 0 radical (unpaired) electrons. The molecule has 0 saturated heterocycles. The first-order valence-corrected chi connectivity index (χ1v) is 9.08. The molecule has 0 aliphatic heterocycles. The number of benzene rings is 1. The average molecular weight is 486 g/mol. The molecule has 1 aliphatic carbocycles. The lowest BCUT2D eigenvalue weighted by molar-refractivity contribution is 0.529. The molecule has 3 rings (SSSR count). The Balaban J connectivity index is 0.00000243. The first-order chi connectivity index (χ1) is 12.3. The summed E-state index contributed by atoms with van der Waals surface area (Å²) < 4.78 is 1.94. The Labute approximate surface area is 176 Å². The Morgan fingerprint density at radius 2 is 2.04 bits per heavy atom. The summed E-state index contributed by atoms with van der Waals surface area (Å²) in [5.74, 6) is 0.849. The van der Waals surface area contributed by atoms with Crippen LogP contribution >= 0.6 is 35.6 Å². The summed E-state index contributed by atoms with van der Waals surface area (Å²) in [5, 5.41) is 12.0. The van der Waals surface area contributed by atoms with Crippen molar-refractivity contribution in [3.05, 3.63) is 65.5 Å². The molecule has 0 saturated carbocycles. The van der Waals surface area contributed by atoms with E-state index in [0.29, 0.717) is 12.6 Å². The normalized spacial score (nSPS) is 15.5. The molecule has 0 amide bonds. The van der Waals surface area contributed by atoms with Crippen LogP contribution < -0.4 is 10.6 Å². The van der Waals surface area contributed by atoms with Gasteiger partial charge in [-0.3, -0.25) is 9.67 Å². The fourth-order valence-electron chi connectivity index (χ4n) is 2.92. The maximum Gasteiger partial charge on any atom is 0.191 e. The Hall–Kier alpha value is -1.54. The van der Waals surface area contributed by atoms with Gasteiger partial charge in [0, 0.05) is 30.0 Å². The number of halogens is 2. The van der Waals surface area contributed by atoms with E-state index < -0.39 is 0 Å². The highest BCUT2D eigenvalue weighted by Crippen LogP contribution is 2.20. The number of rotatable bonds is 6. The molecule has 26 heavy (non-hydrogen) atoms. The summed E-state index contributed by atoms with van der Waals surface area (Å²) in [5.41, 5.74) is 1.13. The van der Waals surface area contributed by atoms with Crippen molar-refractivity contribution in [2.45, 2.75) is 31.8 Å². The molecule has 1 heterocycles. The van der Waals surface area contributed by atoms with Crippen LogP contribution in [0.5, 0.6) is 0 Å². The van der Waals surface area contributed by atoms with Gasteiger partial charge in [0.1, 0.15) is 0 Å². The quantitative estimate of drug-likeness (QED) is 0.281. The van der Waals surface area contributed by atoms with Gasteiger partial charge in [-0.05, 0) is 43.5 Å². The average Bonchev–Trinajstić information content (AvgIpc) is 3.30. The van der Waals surface area contributed by atoms with E-state index in [4.69, 9.17) is 16.6 Å². The van der Waals surface area contributed by atoms with E-state index in [1.54, 1.807) is 6.20 Å². The molecule has 0 bridgehead atoms. The number of nitrogens with one attached hydrogen (secondary N) is 2. The van der Waals surface area contributed by atoms with E-state index in [2.05, 4.69) is 34.8 Å². The molecule has 1 aromatic carbocycles. The van der Waals surface area contributed by atoms with E-state index in [1.807, 2.05) is 41.2 Å². The highest BCUT2D eigenvalue weighted by molar-refractivity contribution is 14.0. The third-order valence-electron chi connectivity index (χ3n) is 4.21. The van der Waals surface area contributed by atoms with Gasteiger partial charge in [-0.1, -0.05) is 35.9 Å². The topological polar surface area (TPSA) is 54.2 Å². The van der Waals surface area contributed by atoms with Gasteiger partial charge >= 0.3 is 0 Å². The Morgan fingerprint density at radius 3 is 2.65 bits per heavy atom. The summed E-state index contributed by atoms with van der Waals surface area (Å²) in [6.45, 7) is 3.51. The highest BCUT2D eigenvalue weighted by atomic mass is 127. The summed E-state index contributed by atoms with van der Waals surface area (Å²) in [7, 11) is 0. The second-order valence-electron chi connectivity index (χ2n) is 6.06. The van der Waals surface area contributed by atoms with E-state index >= 15 is 0 Å². The third kappa shape index (κ3) is 5.74. The van der Waals surface area contributed by atoms with Crippen molar-refractivity contribution in [2.75, 3.05) is 13.1 Å². The van der Waals surface area contributed by atoms with Gasteiger partial charge in [-0.2, -0.15) is 5.10 Å². The summed E-state index contributed by atoms with van der Waals surface area (Å²) in [4.78, 5) is 4.80. The van der Waals surface area contributed by atoms with Crippen molar-refractivity contribution < 1.29 is 0 Å². The fraction of sp³-hybridized carbons (Fsp3) is 0.368. The summed E-state index contributed by atoms with van der Waals surface area (Å²) >= 11 is 6.03. The van der Waals surface area contributed by atoms with Crippen molar-refractivity contribution in [2.24, 2.45) is 4.99 Å². The van der Waals surface area contributed by atoms with Gasteiger partial charge in [-0.15, -0.1) is 24.0 Å². The van der Waals surface area contributed by atoms with E-state index in [-0.39, 0.29) is 30.0 Å². The van der Waals surface area contributed by atoms with Gasteiger partial charge in [0.05, 0.1) is 12.6 Å². The third-order valence-corrected chi connectivity index (χ3v) is 4.47. The molecule has 0 spiro atoms. The largest absolute Gasteiger partial charge is 0.357 e. The number of aromatic nitrogens is 2. The number of aliphatic imine (C=N–C) groups is 1. The molecular formula is C19H25ClIN5. The van der Waals surface area contributed by atoms with Crippen LogP contribution in [0.4, 0.5) is 0 Å². The maximum atomic E-state index is 6.03. The van der Waals surface area contributed by atoms with E-state index in [9.17, 15) is 0 Å². The minimum absolute atomic E-state index is 0. The highest BCUT2D eigenvalue weighted by Gasteiger charge is 2.16. The SMILES string of the molecule is CCNC(=NCC(c1ccc(Cl)cc1)n1cccn1)NC1CC=CC1.I. The summed E-state index contributed by atoms with van der Waals surface area (Å²) in [6.07, 6.45) is 10.3. The molecule has 1 unspecified atom stereocenters. The van der Waals surface area contributed by atoms with Gasteiger partial charge in [0.2, 0.25) is 0 Å². The van der Waals surface area contributed by atoms with Crippen molar-refractivity contribution in [1.82, 2.24) is 20.4 Å². The minimum Gasteiger partial charge on any atom is -0.357 e. The number of hydrogen-bond donors (Lipinski definition) is 2. The molecule has 1 aliphatic rings. The lowest BCUT2D eigenvalue weighted by Gasteiger charge is -2.20. The molecule has 140 valence electrons. The summed E-state index contributed by atoms with van der Waals surface area (Å²) in [6, 6.07) is 10.3. The molecule has 2 aromatic rings. The molecule has 5 nitrogen and oxygen atoms in total. The lowest BCUT2D eigenvalue weighted by Crippen LogP contribution is -2.42. The van der Waals surface area contributed by atoms with Crippen LogP contribution in [0.2, 0.25) is 5.02 Å². The molecule has 2 N–H and O–H groups in total. The minimum atomic E-state index is 0. The monoisotopic (exact) mass is 485 g/mol. The van der Waals surface area contributed by atoms with Crippen molar-refractivity contribution in [1.29, 1.82) is 0 Å². The number of hydrogen-bond acceptors (Lipinski definition) is 2. The van der Waals surface area contributed by atoms with Gasteiger partial charge < -0.3 is 10.6 Å². The van der Waals surface area contributed by atoms with Crippen molar-refractivity contribution in [3.63, 3.8) is 0 Å². The molecule has 7 heteroatoms. The van der Waals surface area contributed by atoms with Crippen molar-refractivity contribution >= 4 is 41.5 Å². The zero-order valence-electron chi connectivity index (χ0n) is 14.8. The van der Waals surface area contributed by atoms with Crippen LogP contribution in [0.15, 0.2) is 59.9 Å². The Kier molecular flexibility index (Phi) is 8.44. The lowest BCUT2D eigenvalue weighted by atomic mass is 10.1. The maximum absolute atomic E-state index is 6.03. The van der Waals surface area contributed by atoms with E-state index in [1.165, 1.54) is 0 Å². The predicted molar refractivity (Wildman–Crippen MR) is 119 cm³/mol. The Morgan fingerprint density at radius 1 is 1.31 bits per heavy atom. The van der Waals surface area contributed by atoms with E-state index in [0.717, 1.165) is 35.9 Å². The van der Waals surface area contributed by atoms with Crippen LogP contribution in [0.1, 0.15) is 31.4 Å². The van der Waals surface area contributed by atoms with Crippen LogP contribution in [0, 0.1) is 0 Å². The van der Waals surface area contributed by atoms with Gasteiger partial charge in [0.25, 0.3) is 0 Å². The van der Waals surface area contributed by atoms with Crippen LogP contribution in [-0.4, -0.2) is 34.9 Å². The zero-order valence-corrected chi connectivity index (χ0v) is 17.9. The number of nitrogens with zero attached hydrogens (tertiary/aromatic N) is 3. The predicted octanol–water partition coefficient (Wildman–Crippen LogP) is 4.02. The van der Waals surface area contributed by atoms with Crippen LogP contribution in [0.25, 0.3) is 0 Å². The first-order valence-electron chi connectivity index (χ1n) is 8.70. The molecule has 1 aromatic heterocycles. The zero-order chi connectivity index (χ0) is 17.5. The standard InChI is InChI=1S/C19H24ClN5.HI/c1-2-21-19(24-17-6-3-4-7-17)22-14-18(25-13-5-12-23-25)15-8-10-16(20)11-9-15;/h3-5,8-13,17-18H,2,6-7,14H2,1H3,(H2,21,22,24);1H. The Bertz CT molecular complexity index is 704. The molecule has 1 atom stereocenters. The van der Waals surface area contributed by atoms with Gasteiger partial charge in [-0.25, -0.2) is 0 Å². The molecular weight excluding hydrogens is 461 g/mol. The van der Waals surface area contributed by atoms with Crippen LogP contribution in [0.3, 0.4) is 0 Å². The number of guanidine groups is 1. The van der Waals surface area contributed by atoms with Gasteiger partial charge in [0.15, 0.2) is 5.96 Å². The molecule has 0 fully saturated rings. The van der Waals surface area contributed by atoms with Crippen LogP contribution in [-0.2, 0) is 0 Å². The van der Waals surface area contributed by atoms with Crippen molar-refractivity contribution in [3.8, 4) is 0 Å².